The molecule has 0 aliphatic heterocycles. The van der Waals surface area contributed by atoms with E-state index in [1.807, 2.05) is 0 Å². The number of carbonyl (C=O) groups is 1. The predicted octanol–water partition coefficient (Wildman–Crippen LogP) is 3.74. The van der Waals surface area contributed by atoms with Crippen LogP contribution in [-0.2, 0) is 4.79 Å². The van der Waals surface area contributed by atoms with Crippen LogP contribution < -0.4 is 9.47 Å². The van der Waals surface area contributed by atoms with Crippen LogP contribution in [0, 0.1) is 0 Å². The van der Waals surface area contributed by atoms with Crippen LogP contribution in [0.1, 0.15) is 6.92 Å². The van der Waals surface area contributed by atoms with Crippen molar-refractivity contribution in [2.45, 2.75) is 12.7 Å². The fourth-order valence-electron chi connectivity index (χ4n) is 1.91. The molecule has 3 rings (SSSR count). The van der Waals surface area contributed by atoms with Crippen LogP contribution in [0.5, 0.6) is 11.8 Å². The van der Waals surface area contributed by atoms with Crippen LogP contribution in [0.25, 0.3) is 11.1 Å². The molecular formula is C16H12ClNO5. The smallest absolute Gasteiger partial charge is 0.398 e. The highest BCUT2D eigenvalue weighted by Crippen LogP contribution is 2.27. The lowest BCUT2D eigenvalue weighted by Gasteiger charge is -2.24. The quantitative estimate of drug-likeness (QED) is 0.716. The Morgan fingerprint density at radius 2 is 1.96 bits per heavy atom. The zero-order valence-electron chi connectivity index (χ0n) is 12.0. The van der Waals surface area contributed by atoms with E-state index >= 15 is 0 Å². The van der Waals surface area contributed by atoms with E-state index in [1.165, 1.54) is 6.92 Å². The molecule has 1 heterocycles. The zero-order chi connectivity index (χ0) is 16.4. The van der Waals surface area contributed by atoms with E-state index in [1.54, 1.807) is 48.5 Å². The Labute approximate surface area is 136 Å². The number of oxazole rings is 1. The number of nitrogens with zero attached hydrogens (tertiary/aromatic N) is 1. The number of carboxylic acid groups (broad SMARTS) is 1. The molecular weight excluding hydrogens is 322 g/mol. The van der Waals surface area contributed by atoms with E-state index in [0.717, 1.165) is 0 Å². The normalized spacial score (nSPS) is 13.5. The monoisotopic (exact) mass is 333 g/mol. The Morgan fingerprint density at radius 1 is 1.22 bits per heavy atom. The number of para-hydroxylation sites is 1. The third kappa shape index (κ3) is 3.22. The van der Waals surface area contributed by atoms with Gasteiger partial charge in [-0.25, -0.2) is 4.79 Å². The molecule has 1 unspecified atom stereocenters. The van der Waals surface area contributed by atoms with Gasteiger partial charge in [0.25, 0.3) is 0 Å². The fourth-order valence-corrected chi connectivity index (χ4v) is 2.07. The van der Waals surface area contributed by atoms with Crippen LogP contribution in [0.3, 0.4) is 0 Å². The second kappa shape index (κ2) is 5.81. The largest absolute Gasteiger partial charge is 0.475 e. The van der Waals surface area contributed by atoms with Gasteiger partial charge >= 0.3 is 17.8 Å². The Bertz CT molecular complexity index is 848. The first kappa shape index (κ1) is 15.2. The minimum Gasteiger partial charge on any atom is -0.475 e. The summed E-state index contributed by atoms with van der Waals surface area (Å²) in [6.07, 6.45) is -0.219. The van der Waals surface area contributed by atoms with Gasteiger partial charge in [-0.3, -0.25) is 0 Å². The maximum atomic E-state index is 11.6. The molecule has 0 amide bonds. The second-order valence-corrected chi connectivity index (χ2v) is 5.30. The van der Waals surface area contributed by atoms with Crippen molar-refractivity contribution in [2.24, 2.45) is 0 Å². The van der Waals surface area contributed by atoms with Crippen LogP contribution in [-0.4, -0.2) is 21.8 Å². The zero-order valence-corrected chi connectivity index (χ0v) is 12.8. The van der Waals surface area contributed by atoms with Crippen molar-refractivity contribution in [3.8, 4) is 11.8 Å². The van der Waals surface area contributed by atoms with Gasteiger partial charge in [-0.15, -0.1) is 0 Å². The number of halogens is 1. The van der Waals surface area contributed by atoms with Crippen molar-refractivity contribution < 1.29 is 23.8 Å². The van der Waals surface area contributed by atoms with Gasteiger partial charge in [-0.05, 0) is 24.3 Å². The summed E-state index contributed by atoms with van der Waals surface area (Å²) in [5, 5.41) is 9.91. The lowest BCUT2D eigenvalue weighted by molar-refractivity contribution is -0.184. The Kier molecular flexibility index (Phi) is 3.83. The molecule has 0 saturated carbocycles. The Balaban J connectivity index is 1.90. The van der Waals surface area contributed by atoms with Crippen molar-refractivity contribution in [1.29, 1.82) is 0 Å². The molecule has 1 aromatic heterocycles. The highest BCUT2D eigenvalue weighted by molar-refractivity contribution is 6.31. The maximum Gasteiger partial charge on any atom is 0.398 e. The number of hydrogen-bond donors (Lipinski definition) is 1. The number of carboxylic acids is 1. The minimum absolute atomic E-state index is 0.219. The molecule has 0 spiro atoms. The third-order valence-electron chi connectivity index (χ3n) is 3.06. The highest BCUT2D eigenvalue weighted by atomic mass is 35.5. The number of aliphatic carboxylic acids is 1. The first-order chi connectivity index (χ1) is 11.0. The number of aromatic nitrogens is 1. The molecule has 0 bridgehead atoms. The molecule has 1 atom stereocenters. The lowest BCUT2D eigenvalue weighted by atomic mass is 10.3. The van der Waals surface area contributed by atoms with Gasteiger partial charge in [0, 0.05) is 18.0 Å². The lowest BCUT2D eigenvalue weighted by Crippen LogP contribution is -2.47. The van der Waals surface area contributed by atoms with E-state index in [-0.39, 0.29) is 6.08 Å². The van der Waals surface area contributed by atoms with E-state index < -0.39 is 11.8 Å². The van der Waals surface area contributed by atoms with Crippen molar-refractivity contribution in [2.75, 3.05) is 0 Å². The number of rotatable bonds is 5. The van der Waals surface area contributed by atoms with E-state index in [4.69, 9.17) is 25.5 Å². The van der Waals surface area contributed by atoms with E-state index in [0.29, 0.717) is 21.9 Å². The third-order valence-corrected chi connectivity index (χ3v) is 3.29. The summed E-state index contributed by atoms with van der Waals surface area (Å²) < 4.78 is 16.2. The van der Waals surface area contributed by atoms with Crippen LogP contribution in [0.15, 0.2) is 52.9 Å². The average molecular weight is 334 g/mol. The summed E-state index contributed by atoms with van der Waals surface area (Å²) in [6.45, 7) is 1.27. The van der Waals surface area contributed by atoms with Crippen LogP contribution in [0.2, 0.25) is 5.02 Å². The standard InChI is InChI=1S/C16H12ClNO5/c1-16(14(19)20,22-11-5-3-2-4-6-11)23-15-18-12-8-7-10(17)9-13(12)21-15/h2-9H,1H3,(H,19,20). The number of ether oxygens (including phenoxy) is 2. The first-order valence-corrected chi connectivity index (χ1v) is 7.07. The summed E-state index contributed by atoms with van der Waals surface area (Å²) >= 11 is 5.87. The first-order valence-electron chi connectivity index (χ1n) is 6.69. The van der Waals surface area contributed by atoms with E-state index in [2.05, 4.69) is 4.98 Å². The topological polar surface area (TPSA) is 81.8 Å². The van der Waals surface area contributed by atoms with Crippen LogP contribution >= 0.6 is 11.6 Å². The summed E-state index contributed by atoms with van der Waals surface area (Å²) in [7, 11) is 0. The van der Waals surface area contributed by atoms with Gasteiger partial charge in [0.1, 0.15) is 11.3 Å². The van der Waals surface area contributed by atoms with Gasteiger partial charge in [0.05, 0.1) is 0 Å². The molecule has 6 nitrogen and oxygen atoms in total. The number of fused-ring (bicyclic) bond motifs is 1. The van der Waals surface area contributed by atoms with Crippen LogP contribution in [0.4, 0.5) is 0 Å². The van der Waals surface area contributed by atoms with Gasteiger partial charge in [-0.1, -0.05) is 29.8 Å². The summed E-state index contributed by atoms with van der Waals surface area (Å²) in [5.41, 5.74) is 0.886. The molecule has 7 heteroatoms. The highest BCUT2D eigenvalue weighted by Gasteiger charge is 2.40. The molecule has 0 aliphatic carbocycles. The van der Waals surface area contributed by atoms with Gasteiger partial charge in [0.15, 0.2) is 5.58 Å². The minimum atomic E-state index is -1.99. The average Bonchev–Trinajstić information content (AvgIpc) is 2.89. The molecule has 0 saturated heterocycles. The van der Waals surface area contributed by atoms with Gasteiger partial charge in [-0.2, -0.15) is 4.98 Å². The molecule has 0 fully saturated rings. The summed E-state index contributed by atoms with van der Waals surface area (Å²) in [6, 6.07) is 13.3. The van der Waals surface area contributed by atoms with Crippen molar-refractivity contribution >= 4 is 28.7 Å². The fraction of sp³-hybridized carbons (Fsp3) is 0.125. The molecule has 0 aliphatic rings. The maximum absolute atomic E-state index is 11.6. The number of benzene rings is 2. The van der Waals surface area contributed by atoms with Gasteiger partial charge in [0.2, 0.25) is 0 Å². The predicted molar refractivity (Wildman–Crippen MR) is 82.8 cm³/mol. The molecule has 2 aromatic carbocycles. The number of hydrogen-bond acceptors (Lipinski definition) is 5. The van der Waals surface area contributed by atoms with E-state index in [9.17, 15) is 9.90 Å². The van der Waals surface area contributed by atoms with Crippen molar-refractivity contribution in [3.63, 3.8) is 0 Å². The molecule has 3 aromatic rings. The van der Waals surface area contributed by atoms with Crippen molar-refractivity contribution in [3.05, 3.63) is 53.6 Å². The summed E-state index contributed by atoms with van der Waals surface area (Å²) in [4.78, 5) is 15.6. The van der Waals surface area contributed by atoms with Gasteiger partial charge < -0.3 is 19.0 Å². The summed E-state index contributed by atoms with van der Waals surface area (Å²) in [5.74, 6) is -2.97. The Hall–Kier alpha value is -2.73. The molecule has 23 heavy (non-hydrogen) atoms. The second-order valence-electron chi connectivity index (χ2n) is 4.86. The van der Waals surface area contributed by atoms with Crippen molar-refractivity contribution in [1.82, 2.24) is 4.98 Å². The molecule has 1 N–H and O–H groups in total. The Morgan fingerprint density at radius 3 is 2.65 bits per heavy atom. The SMILES string of the molecule is CC(Oc1ccccc1)(Oc1nc2ccc(Cl)cc2o1)C(=O)O. The molecule has 0 radical (unpaired) electrons. The molecule has 118 valence electrons.